The average Bonchev–Trinajstić information content (AvgIpc) is 2.96. The summed E-state index contributed by atoms with van der Waals surface area (Å²) in [6.45, 7) is 5.82. The Labute approximate surface area is 111 Å². The molecule has 1 saturated heterocycles. The highest BCUT2D eigenvalue weighted by atomic mass is 16.4. The Bertz CT molecular complexity index is 295. The van der Waals surface area contributed by atoms with E-state index in [9.17, 15) is 9.90 Å². The topological polar surface area (TPSA) is 40.5 Å². The van der Waals surface area contributed by atoms with Gasteiger partial charge < -0.3 is 10.0 Å². The smallest absolute Gasteiger partial charge is 0.309 e. The highest BCUT2D eigenvalue weighted by molar-refractivity contribution is 5.73. The lowest BCUT2D eigenvalue weighted by Gasteiger charge is -2.31. The second-order valence-corrected chi connectivity index (χ2v) is 6.73. The third-order valence-electron chi connectivity index (χ3n) is 4.96. The number of rotatable bonds is 5. The highest BCUT2D eigenvalue weighted by Gasteiger charge is 2.35. The summed E-state index contributed by atoms with van der Waals surface area (Å²) in [5, 5.41) is 9.17. The minimum Gasteiger partial charge on any atom is -0.481 e. The van der Waals surface area contributed by atoms with Crippen LogP contribution in [0.15, 0.2) is 0 Å². The molecule has 1 N–H and O–H groups in total. The molecule has 1 aliphatic heterocycles. The van der Waals surface area contributed by atoms with Gasteiger partial charge in [-0.25, -0.2) is 0 Å². The molecule has 18 heavy (non-hydrogen) atoms. The van der Waals surface area contributed by atoms with Crippen molar-refractivity contribution in [2.45, 2.75) is 64.8 Å². The van der Waals surface area contributed by atoms with Crippen LogP contribution in [0.25, 0.3) is 0 Å². The Hall–Kier alpha value is -0.570. The molecule has 0 aromatic carbocycles. The van der Waals surface area contributed by atoms with Crippen molar-refractivity contribution in [2.24, 2.45) is 11.3 Å². The lowest BCUT2D eigenvalue weighted by Crippen LogP contribution is -2.38. The Morgan fingerprint density at radius 2 is 1.89 bits per heavy atom. The largest absolute Gasteiger partial charge is 0.481 e. The molecule has 1 aliphatic carbocycles. The van der Waals surface area contributed by atoms with Gasteiger partial charge in [-0.05, 0) is 65.0 Å². The van der Waals surface area contributed by atoms with E-state index in [1.807, 2.05) is 13.8 Å². The lowest BCUT2D eigenvalue weighted by molar-refractivity contribution is -0.147. The van der Waals surface area contributed by atoms with Crippen molar-refractivity contribution in [1.29, 1.82) is 0 Å². The van der Waals surface area contributed by atoms with Gasteiger partial charge in [-0.3, -0.25) is 4.79 Å². The van der Waals surface area contributed by atoms with Crippen LogP contribution in [0.5, 0.6) is 0 Å². The van der Waals surface area contributed by atoms with Gasteiger partial charge in [-0.2, -0.15) is 0 Å². The summed E-state index contributed by atoms with van der Waals surface area (Å²) in [6, 6.07) is 0.747. The van der Waals surface area contributed by atoms with E-state index in [1.54, 1.807) is 0 Å². The SMILES string of the molecule is CC(C)(CCN1CCCC1C1CCCC1)C(=O)O. The molecule has 1 saturated carbocycles. The van der Waals surface area contributed by atoms with E-state index >= 15 is 0 Å². The van der Waals surface area contributed by atoms with Crippen molar-refractivity contribution in [3.63, 3.8) is 0 Å². The zero-order valence-corrected chi connectivity index (χ0v) is 11.8. The summed E-state index contributed by atoms with van der Waals surface area (Å²) in [6.07, 6.45) is 8.98. The molecule has 104 valence electrons. The molecule has 2 aliphatic rings. The summed E-state index contributed by atoms with van der Waals surface area (Å²) >= 11 is 0. The minimum absolute atomic E-state index is 0.581. The number of nitrogens with zero attached hydrogens (tertiary/aromatic N) is 1. The van der Waals surface area contributed by atoms with Gasteiger partial charge in [0.15, 0.2) is 0 Å². The fraction of sp³-hybridized carbons (Fsp3) is 0.933. The van der Waals surface area contributed by atoms with Crippen molar-refractivity contribution in [2.75, 3.05) is 13.1 Å². The van der Waals surface area contributed by atoms with E-state index in [4.69, 9.17) is 0 Å². The van der Waals surface area contributed by atoms with Crippen LogP contribution in [0, 0.1) is 11.3 Å². The Morgan fingerprint density at radius 1 is 1.22 bits per heavy atom. The number of carboxylic acids is 1. The van der Waals surface area contributed by atoms with Gasteiger partial charge >= 0.3 is 5.97 Å². The van der Waals surface area contributed by atoms with Gasteiger partial charge in [0.05, 0.1) is 5.41 Å². The Balaban J connectivity index is 1.86. The molecule has 2 fully saturated rings. The van der Waals surface area contributed by atoms with Crippen molar-refractivity contribution in [3.8, 4) is 0 Å². The first kappa shape index (κ1) is 13.9. The molecule has 1 unspecified atom stereocenters. The predicted octanol–water partition coefficient (Wildman–Crippen LogP) is 3.14. The highest BCUT2D eigenvalue weighted by Crippen LogP contribution is 2.36. The first-order chi connectivity index (χ1) is 8.50. The third kappa shape index (κ3) is 3.05. The summed E-state index contributed by atoms with van der Waals surface area (Å²) in [4.78, 5) is 13.7. The maximum atomic E-state index is 11.1. The van der Waals surface area contributed by atoms with Crippen LogP contribution < -0.4 is 0 Å². The van der Waals surface area contributed by atoms with Crippen LogP contribution in [-0.4, -0.2) is 35.1 Å². The summed E-state index contributed by atoms with van der Waals surface area (Å²) in [5.41, 5.74) is -0.581. The van der Waals surface area contributed by atoms with E-state index in [0.717, 1.165) is 24.9 Å². The van der Waals surface area contributed by atoms with Gasteiger partial charge in [-0.15, -0.1) is 0 Å². The quantitative estimate of drug-likeness (QED) is 0.818. The maximum Gasteiger partial charge on any atom is 0.309 e. The summed E-state index contributed by atoms with van der Waals surface area (Å²) in [5.74, 6) is 0.222. The number of carbonyl (C=O) groups is 1. The molecule has 1 heterocycles. The van der Waals surface area contributed by atoms with Crippen molar-refractivity contribution in [3.05, 3.63) is 0 Å². The van der Waals surface area contributed by atoms with Crippen molar-refractivity contribution in [1.82, 2.24) is 4.90 Å². The number of hydrogen-bond acceptors (Lipinski definition) is 2. The fourth-order valence-corrected chi connectivity index (χ4v) is 3.54. The molecule has 3 nitrogen and oxygen atoms in total. The molecule has 0 spiro atoms. The van der Waals surface area contributed by atoms with E-state index in [1.165, 1.54) is 45.1 Å². The molecule has 0 aromatic rings. The van der Waals surface area contributed by atoms with Gasteiger partial charge in [0.25, 0.3) is 0 Å². The molecular formula is C15H27NO2. The second kappa shape index (κ2) is 5.60. The van der Waals surface area contributed by atoms with Crippen LogP contribution >= 0.6 is 0 Å². The first-order valence-corrected chi connectivity index (χ1v) is 7.48. The normalized spacial score (nSPS) is 26.9. The number of aliphatic carboxylic acids is 1. The molecule has 0 radical (unpaired) electrons. The van der Waals surface area contributed by atoms with Crippen molar-refractivity contribution < 1.29 is 9.90 Å². The summed E-state index contributed by atoms with van der Waals surface area (Å²) < 4.78 is 0. The van der Waals surface area contributed by atoms with Crippen LogP contribution in [0.2, 0.25) is 0 Å². The summed E-state index contributed by atoms with van der Waals surface area (Å²) in [7, 11) is 0. The first-order valence-electron chi connectivity index (χ1n) is 7.48. The molecular weight excluding hydrogens is 226 g/mol. The molecule has 2 rings (SSSR count). The molecule has 1 atom stereocenters. The van der Waals surface area contributed by atoms with E-state index in [2.05, 4.69) is 4.90 Å². The van der Waals surface area contributed by atoms with Gasteiger partial charge in [-0.1, -0.05) is 12.8 Å². The molecule has 0 bridgehead atoms. The van der Waals surface area contributed by atoms with Gasteiger partial charge in [0.1, 0.15) is 0 Å². The van der Waals surface area contributed by atoms with Crippen molar-refractivity contribution >= 4 is 5.97 Å². The monoisotopic (exact) mass is 253 g/mol. The van der Waals surface area contributed by atoms with E-state index < -0.39 is 11.4 Å². The molecule has 0 aromatic heterocycles. The Kier molecular flexibility index (Phi) is 4.31. The Morgan fingerprint density at radius 3 is 2.50 bits per heavy atom. The maximum absolute atomic E-state index is 11.1. The zero-order valence-electron chi connectivity index (χ0n) is 11.8. The second-order valence-electron chi connectivity index (χ2n) is 6.73. The minimum atomic E-state index is -0.667. The van der Waals surface area contributed by atoms with Crippen LogP contribution in [0.1, 0.15) is 58.8 Å². The van der Waals surface area contributed by atoms with Crippen LogP contribution in [0.3, 0.4) is 0 Å². The van der Waals surface area contributed by atoms with Gasteiger partial charge in [0, 0.05) is 6.04 Å². The fourth-order valence-electron chi connectivity index (χ4n) is 3.54. The average molecular weight is 253 g/mol. The molecule has 3 heteroatoms. The van der Waals surface area contributed by atoms with Crippen LogP contribution in [0.4, 0.5) is 0 Å². The lowest BCUT2D eigenvalue weighted by atomic mass is 9.88. The van der Waals surface area contributed by atoms with Crippen LogP contribution in [-0.2, 0) is 4.79 Å². The third-order valence-corrected chi connectivity index (χ3v) is 4.96. The number of carboxylic acid groups (broad SMARTS) is 1. The van der Waals surface area contributed by atoms with Gasteiger partial charge in [0.2, 0.25) is 0 Å². The standard InChI is InChI=1S/C15H27NO2/c1-15(2,14(17)18)9-11-16-10-5-8-13(16)12-6-3-4-7-12/h12-13H,3-11H2,1-2H3,(H,17,18). The zero-order chi connectivity index (χ0) is 13.2. The van der Waals surface area contributed by atoms with E-state index in [-0.39, 0.29) is 0 Å². The number of likely N-dealkylation sites (tertiary alicyclic amines) is 1. The predicted molar refractivity (Wildman–Crippen MR) is 72.6 cm³/mol. The van der Waals surface area contributed by atoms with E-state index in [0.29, 0.717) is 0 Å². The molecule has 0 amide bonds. The number of hydrogen-bond donors (Lipinski definition) is 1.